The van der Waals surface area contributed by atoms with Crippen LogP contribution in [0.25, 0.3) is 0 Å². The van der Waals surface area contributed by atoms with Crippen molar-refractivity contribution >= 4 is 23.3 Å². The molecule has 0 aliphatic carbocycles. The Bertz CT molecular complexity index is 1040. The molecule has 192 valence electrons. The molecule has 0 radical (unpaired) electrons. The Hall–Kier alpha value is -2.89. The zero-order valence-corrected chi connectivity index (χ0v) is 20.6. The largest absolute Gasteiger partial charge is 0.416 e. The molecule has 1 atom stereocenters. The number of carbonyl (C=O) groups is 1. The van der Waals surface area contributed by atoms with Crippen LogP contribution in [0.3, 0.4) is 0 Å². The van der Waals surface area contributed by atoms with Crippen LogP contribution < -0.4 is 0 Å². The van der Waals surface area contributed by atoms with Crippen molar-refractivity contribution in [1.29, 1.82) is 0 Å². The zero-order valence-electron chi connectivity index (χ0n) is 19.8. The summed E-state index contributed by atoms with van der Waals surface area (Å²) < 4.78 is 45.3. The number of alkyl halides is 4. The highest BCUT2D eigenvalue weighted by atomic mass is 35.5. The Balaban J connectivity index is 2.16. The highest BCUT2D eigenvalue weighted by Gasteiger charge is 2.30. The number of hydrogen-bond donors (Lipinski definition) is 1. The van der Waals surface area contributed by atoms with Crippen LogP contribution in [0, 0.1) is 0 Å². The minimum absolute atomic E-state index is 0.139. The van der Waals surface area contributed by atoms with Gasteiger partial charge in [-0.1, -0.05) is 37.2 Å². The average molecular weight is 516 g/mol. The van der Waals surface area contributed by atoms with Crippen molar-refractivity contribution < 1.29 is 27.8 Å². The molecule has 1 aromatic carbocycles. The number of ether oxygens (including phenoxy) is 1. The minimum atomic E-state index is -4.42. The Morgan fingerprint density at radius 3 is 2.69 bits per heavy atom. The molecule has 2 rings (SSSR count). The summed E-state index contributed by atoms with van der Waals surface area (Å²) in [7, 11) is 0. The Kier molecular flexibility index (Phi) is 10.3. The number of carbonyl (C=O) groups excluding carboxylic acids is 1. The lowest BCUT2D eigenvalue weighted by molar-refractivity contribution is -0.165. The zero-order chi connectivity index (χ0) is 26.2. The predicted octanol–water partition coefficient (Wildman–Crippen LogP) is 4.87. The highest BCUT2D eigenvalue weighted by Crippen LogP contribution is 2.29. The molecular formula is C23H29ClF3N5O3. The van der Waals surface area contributed by atoms with Gasteiger partial charge in [0.25, 0.3) is 0 Å². The van der Waals surface area contributed by atoms with Crippen LogP contribution in [-0.2, 0) is 17.5 Å². The van der Waals surface area contributed by atoms with Crippen molar-refractivity contribution in [3.63, 3.8) is 0 Å². The van der Waals surface area contributed by atoms with E-state index in [4.69, 9.17) is 16.3 Å². The van der Waals surface area contributed by atoms with E-state index in [2.05, 4.69) is 16.7 Å². The van der Waals surface area contributed by atoms with Crippen LogP contribution in [-0.4, -0.2) is 62.0 Å². The second-order valence-electron chi connectivity index (χ2n) is 7.56. The second-order valence-corrected chi connectivity index (χ2v) is 7.78. The summed E-state index contributed by atoms with van der Waals surface area (Å²) in [5, 5.41) is 14.3. The number of aliphatic hydroxyl groups is 1. The Morgan fingerprint density at radius 1 is 1.37 bits per heavy atom. The summed E-state index contributed by atoms with van der Waals surface area (Å²) in [6, 6.07) is 4.21. The molecule has 1 heterocycles. The second kappa shape index (κ2) is 12.7. The smallest absolute Gasteiger partial charge is 0.351 e. The standard InChI is InChI=1S/C23H29ClF3N5O3/c1-5-10-32(22(34)35-15-24)21(33)31(6-2)17(4)29-16(3)19-12-28-30(14-19)13-18-8-7-9-20(11-18)23(25,26)27/h7-9,11-12,14,22,34H,4-6,10,13,15H2,1-3H3. The van der Waals surface area contributed by atoms with Crippen molar-refractivity contribution in [1.82, 2.24) is 19.6 Å². The number of aliphatic imine (C=N–C) groups is 1. The van der Waals surface area contributed by atoms with Gasteiger partial charge in [-0.15, -0.1) is 0 Å². The predicted molar refractivity (Wildman–Crippen MR) is 127 cm³/mol. The number of halogens is 4. The molecule has 1 N–H and O–H groups in total. The Morgan fingerprint density at radius 2 is 2.09 bits per heavy atom. The summed E-state index contributed by atoms with van der Waals surface area (Å²) >= 11 is 5.51. The lowest BCUT2D eigenvalue weighted by Gasteiger charge is -2.32. The lowest BCUT2D eigenvalue weighted by atomic mass is 10.1. The van der Waals surface area contributed by atoms with Crippen LogP contribution in [0.2, 0.25) is 0 Å². The van der Waals surface area contributed by atoms with Gasteiger partial charge in [0.2, 0.25) is 6.41 Å². The summed E-state index contributed by atoms with van der Waals surface area (Å²) in [5.41, 5.74) is 0.832. The molecular weight excluding hydrogens is 487 g/mol. The van der Waals surface area contributed by atoms with E-state index >= 15 is 0 Å². The molecule has 35 heavy (non-hydrogen) atoms. The van der Waals surface area contributed by atoms with Gasteiger partial charge in [-0.3, -0.25) is 14.5 Å². The van der Waals surface area contributed by atoms with Gasteiger partial charge in [-0.05, 0) is 38.0 Å². The fourth-order valence-corrected chi connectivity index (χ4v) is 3.37. The lowest BCUT2D eigenvalue weighted by Crippen LogP contribution is -2.49. The third-order valence-electron chi connectivity index (χ3n) is 4.99. The molecule has 1 aromatic heterocycles. The number of benzene rings is 1. The van der Waals surface area contributed by atoms with Crippen LogP contribution >= 0.6 is 11.6 Å². The molecule has 0 spiro atoms. The van der Waals surface area contributed by atoms with Crippen LogP contribution in [0.15, 0.2) is 54.1 Å². The molecule has 8 nitrogen and oxygen atoms in total. The van der Waals surface area contributed by atoms with Crippen molar-refractivity contribution in [2.45, 2.75) is 46.3 Å². The van der Waals surface area contributed by atoms with Crippen LogP contribution in [0.1, 0.15) is 43.9 Å². The maximum atomic E-state index is 13.0. The van der Waals surface area contributed by atoms with Gasteiger partial charge in [-0.2, -0.15) is 18.3 Å². The van der Waals surface area contributed by atoms with E-state index in [9.17, 15) is 23.1 Å². The normalized spacial score (nSPS) is 13.0. The molecule has 1 unspecified atom stereocenters. The topological polar surface area (TPSA) is 83.2 Å². The third-order valence-corrected chi connectivity index (χ3v) is 5.12. The fraction of sp³-hybridized carbons (Fsp3) is 0.435. The van der Waals surface area contributed by atoms with E-state index in [1.165, 1.54) is 21.8 Å². The van der Waals surface area contributed by atoms with Crippen molar-refractivity contribution in [2.75, 3.05) is 19.2 Å². The molecule has 0 aliphatic heterocycles. The molecule has 0 saturated carbocycles. The van der Waals surface area contributed by atoms with E-state index in [-0.39, 0.29) is 31.5 Å². The van der Waals surface area contributed by atoms with E-state index < -0.39 is 24.2 Å². The first-order valence-electron chi connectivity index (χ1n) is 10.9. The first-order chi connectivity index (χ1) is 16.5. The average Bonchev–Trinajstić information content (AvgIpc) is 3.26. The third kappa shape index (κ3) is 7.81. The van der Waals surface area contributed by atoms with Gasteiger partial charge in [0, 0.05) is 24.8 Å². The van der Waals surface area contributed by atoms with Gasteiger partial charge in [0.1, 0.15) is 11.9 Å². The molecule has 0 saturated heterocycles. The molecule has 2 aromatic rings. The van der Waals surface area contributed by atoms with Gasteiger partial charge in [0.15, 0.2) is 0 Å². The minimum Gasteiger partial charge on any atom is -0.351 e. The summed E-state index contributed by atoms with van der Waals surface area (Å²) in [4.78, 5) is 19.8. The molecule has 0 aliphatic rings. The monoisotopic (exact) mass is 515 g/mol. The number of rotatable bonds is 11. The number of nitrogens with zero attached hydrogens (tertiary/aromatic N) is 5. The van der Waals surface area contributed by atoms with Gasteiger partial charge < -0.3 is 9.84 Å². The molecule has 12 heteroatoms. The van der Waals surface area contributed by atoms with Crippen LogP contribution in [0.5, 0.6) is 0 Å². The quantitative estimate of drug-likeness (QED) is 0.263. The van der Waals surface area contributed by atoms with E-state index in [1.54, 1.807) is 26.1 Å². The molecule has 0 bridgehead atoms. The Labute approximate surface area is 207 Å². The highest BCUT2D eigenvalue weighted by molar-refractivity contribution is 6.17. The number of hydrogen-bond acceptors (Lipinski definition) is 5. The van der Waals surface area contributed by atoms with Crippen LogP contribution in [0.4, 0.5) is 18.0 Å². The maximum Gasteiger partial charge on any atom is 0.416 e. The summed E-state index contributed by atoms with van der Waals surface area (Å²) in [6.07, 6.45) is -2.19. The first kappa shape index (κ1) is 28.3. The fourth-order valence-electron chi connectivity index (χ4n) is 3.26. The van der Waals surface area contributed by atoms with Gasteiger partial charge in [0.05, 0.1) is 24.0 Å². The van der Waals surface area contributed by atoms with Gasteiger partial charge in [-0.25, -0.2) is 9.79 Å². The van der Waals surface area contributed by atoms with E-state index in [0.717, 1.165) is 17.0 Å². The summed E-state index contributed by atoms with van der Waals surface area (Å²) in [5.74, 6) is 0.139. The first-order valence-corrected chi connectivity index (χ1v) is 11.4. The van der Waals surface area contributed by atoms with E-state index in [1.807, 2.05) is 6.92 Å². The van der Waals surface area contributed by atoms with Crippen molar-refractivity contribution in [3.8, 4) is 0 Å². The van der Waals surface area contributed by atoms with E-state index in [0.29, 0.717) is 23.3 Å². The summed E-state index contributed by atoms with van der Waals surface area (Å²) in [6.45, 7) is 9.76. The number of aliphatic hydroxyl groups excluding tert-OH is 1. The van der Waals surface area contributed by atoms with Crippen molar-refractivity contribution in [2.24, 2.45) is 4.99 Å². The maximum absolute atomic E-state index is 13.0. The van der Waals surface area contributed by atoms with Gasteiger partial charge >= 0.3 is 12.2 Å². The number of aromatic nitrogens is 2. The molecule has 0 fully saturated rings. The SMILES string of the molecule is C=C(N=C(C)c1cnn(Cc2cccc(C(F)(F)F)c2)c1)N(CC)C(=O)N(CCC)C(O)OCCl. The number of urea groups is 1. The number of amides is 2. The molecule has 2 amide bonds. The van der Waals surface area contributed by atoms with Crippen molar-refractivity contribution in [3.05, 3.63) is 65.7 Å².